The van der Waals surface area contributed by atoms with Crippen molar-refractivity contribution in [3.8, 4) is 0 Å². The summed E-state index contributed by atoms with van der Waals surface area (Å²) in [5, 5.41) is -0.260. The number of esters is 5. The largest absolute Gasteiger partial charge is 0.457 e. The van der Waals surface area contributed by atoms with E-state index in [9.17, 15) is 24.0 Å². The molecule has 0 amide bonds. The second-order valence-electron chi connectivity index (χ2n) is 12.6. The Balaban J connectivity index is 1.54. The highest BCUT2D eigenvalue weighted by Gasteiger charge is 2.40. The highest BCUT2D eigenvalue weighted by Crippen LogP contribution is 2.30. The summed E-state index contributed by atoms with van der Waals surface area (Å²) in [6.45, 7) is -1.29. The van der Waals surface area contributed by atoms with E-state index in [4.69, 9.17) is 23.7 Å². The van der Waals surface area contributed by atoms with E-state index in [-0.39, 0.29) is 38.3 Å². The zero-order chi connectivity index (χ0) is 40.0. The van der Waals surface area contributed by atoms with Gasteiger partial charge in [0.1, 0.15) is 33.0 Å². The lowest BCUT2D eigenvalue weighted by Gasteiger charge is -2.22. The maximum atomic E-state index is 14.5. The quantitative estimate of drug-likeness (QED) is 0.0575. The monoisotopic (exact) mass is 780 g/mol. The number of carbonyl (C=O) groups excluding carboxylic acids is 5. The van der Waals surface area contributed by atoms with Gasteiger partial charge in [0, 0.05) is 5.30 Å². The molecule has 6 rings (SSSR count). The van der Waals surface area contributed by atoms with Gasteiger partial charge in [0.2, 0.25) is 0 Å². The second kappa shape index (κ2) is 19.6. The first-order chi connectivity index (χ1) is 27.8. The van der Waals surface area contributed by atoms with Gasteiger partial charge in [-0.1, -0.05) is 152 Å². The third-order valence-electron chi connectivity index (χ3n) is 8.62. The van der Waals surface area contributed by atoms with E-state index in [1.54, 1.807) is 152 Å². The minimum Gasteiger partial charge on any atom is -0.457 e. The topological polar surface area (TPSA) is 132 Å². The summed E-state index contributed by atoms with van der Waals surface area (Å²) in [4.78, 5) is 71.8. The summed E-state index contributed by atoms with van der Waals surface area (Å²) in [5.74, 6) is -5.72. The van der Waals surface area contributed by atoms with Crippen molar-refractivity contribution in [1.29, 1.82) is 0 Å². The van der Waals surface area contributed by atoms with Gasteiger partial charge in [-0.05, 0) is 27.8 Å². The van der Waals surface area contributed by atoms with Crippen LogP contribution in [0.4, 0.5) is 0 Å². The first-order valence-corrected chi connectivity index (χ1v) is 18.4. The second-order valence-corrected chi connectivity index (χ2v) is 13.2. The Morgan fingerprint density at radius 2 is 0.474 bits per heavy atom. The van der Waals surface area contributed by atoms with Gasteiger partial charge in [-0.25, -0.2) is 24.0 Å². The fraction of sp³-hybridized carbons (Fsp3) is 0.109. The van der Waals surface area contributed by atoms with Crippen molar-refractivity contribution in [3.05, 3.63) is 207 Å². The van der Waals surface area contributed by atoms with Crippen LogP contribution in [0.15, 0.2) is 152 Å². The predicted molar refractivity (Wildman–Crippen MR) is 214 cm³/mol. The molecule has 10 nitrogen and oxygen atoms in total. The number of hydrogen-bond acceptors (Lipinski definition) is 10. The molecule has 0 aromatic heterocycles. The number of ether oxygens (including phenoxy) is 5. The maximum Gasteiger partial charge on any atom is 0.340 e. The zero-order valence-corrected chi connectivity index (χ0v) is 31.8. The number of benzene rings is 6. The van der Waals surface area contributed by atoms with E-state index >= 15 is 0 Å². The van der Waals surface area contributed by atoms with E-state index in [1.165, 1.54) is 0 Å². The van der Waals surface area contributed by atoms with Gasteiger partial charge in [0.25, 0.3) is 0 Å². The lowest BCUT2D eigenvalue weighted by atomic mass is 9.90. The minimum absolute atomic E-state index is 0.231. The molecular weight excluding hydrogens is 743 g/mol. The Hall–Kier alpha value is -6.90. The lowest BCUT2D eigenvalue weighted by Crippen LogP contribution is -2.33. The van der Waals surface area contributed by atoms with Crippen molar-refractivity contribution >= 4 is 44.4 Å². The van der Waals surface area contributed by atoms with Gasteiger partial charge < -0.3 is 23.7 Å². The molecule has 0 heterocycles. The Morgan fingerprint density at radius 1 is 0.298 bits per heavy atom. The van der Waals surface area contributed by atoms with E-state index in [1.807, 2.05) is 0 Å². The number of rotatable bonds is 15. The van der Waals surface area contributed by atoms with Crippen molar-refractivity contribution in [2.45, 2.75) is 33.0 Å². The van der Waals surface area contributed by atoms with E-state index in [2.05, 4.69) is 9.24 Å². The highest BCUT2D eigenvalue weighted by molar-refractivity contribution is 7.28. The van der Waals surface area contributed by atoms with E-state index in [0.717, 1.165) is 0 Å². The van der Waals surface area contributed by atoms with E-state index in [0.29, 0.717) is 27.8 Å². The molecule has 0 aliphatic heterocycles. The van der Waals surface area contributed by atoms with Crippen LogP contribution >= 0.6 is 9.24 Å². The Kier molecular flexibility index (Phi) is 13.7. The third kappa shape index (κ3) is 10.4. The summed E-state index contributed by atoms with van der Waals surface area (Å²) in [7, 11) is 2.25. The van der Waals surface area contributed by atoms with E-state index < -0.39 is 57.7 Å². The summed E-state index contributed by atoms with van der Waals surface area (Å²) < 4.78 is 28.6. The smallest absolute Gasteiger partial charge is 0.340 e. The molecule has 57 heavy (non-hydrogen) atoms. The van der Waals surface area contributed by atoms with Crippen molar-refractivity contribution < 1.29 is 47.7 Å². The Bertz CT molecular complexity index is 2200. The first-order valence-electron chi connectivity index (χ1n) is 17.8. The molecule has 1 unspecified atom stereocenters. The van der Waals surface area contributed by atoms with Gasteiger partial charge in [0.05, 0.1) is 27.8 Å². The standard InChI is InChI=1S/C46H37O10P/c47-42(52-26-31-16-6-1-7-17-31)36-37(43(48)53-27-32-18-8-2-9-19-32)39(45(50)55-29-34-22-12-4-13-23-34)41(57)40(46(51)56-30-35-24-14-5-15-25-35)38(36)44(49)54-28-33-20-10-3-11-21-33/h1-25H,26-30,57H2. The van der Waals surface area contributed by atoms with Crippen molar-refractivity contribution in [3.63, 3.8) is 0 Å². The van der Waals surface area contributed by atoms with Crippen LogP contribution in [0.3, 0.4) is 0 Å². The molecule has 0 N–H and O–H groups in total. The lowest BCUT2D eigenvalue weighted by molar-refractivity contribution is 0.0380. The van der Waals surface area contributed by atoms with Crippen LogP contribution in [0.2, 0.25) is 0 Å². The Labute approximate surface area is 331 Å². The van der Waals surface area contributed by atoms with Crippen LogP contribution in [0.5, 0.6) is 0 Å². The van der Waals surface area contributed by atoms with Crippen molar-refractivity contribution in [2.75, 3.05) is 0 Å². The molecule has 11 heteroatoms. The van der Waals surface area contributed by atoms with Gasteiger partial charge in [-0.2, -0.15) is 0 Å². The van der Waals surface area contributed by atoms with Gasteiger partial charge in [-0.3, -0.25) is 0 Å². The summed E-state index contributed by atoms with van der Waals surface area (Å²) >= 11 is 0. The fourth-order valence-electron chi connectivity index (χ4n) is 5.78. The van der Waals surface area contributed by atoms with Gasteiger partial charge in [-0.15, -0.1) is 9.24 Å². The van der Waals surface area contributed by atoms with Crippen LogP contribution in [0.1, 0.15) is 79.6 Å². The molecule has 6 aromatic rings. The fourth-order valence-corrected chi connectivity index (χ4v) is 6.31. The van der Waals surface area contributed by atoms with Gasteiger partial charge >= 0.3 is 29.8 Å². The van der Waals surface area contributed by atoms with Crippen molar-refractivity contribution in [2.24, 2.45) is 0 Å². The van der Waals surface area contributed by atoms with Crippen LogP contribution < -0.4 is 5.30 Å². The molecule has 1 atom stereocenters. The molecule has 0 bridgehead atoms. The average Bonchev–Trinajstić information content (AvgIpc) is 3.26. The van der Waals surface area contributed by atoms with Crippen LogP contribution in [-0.2, 0) is 56.7 Å². The molecule has 0 spiro atoms. The molecule has 6 aromatic carbocycles. The summed E-state index contributed by atoms with van der Waals surface area (Å²) in [5.41, 5.74) is -0.0585. The first kappa shape index (κ1) is 39.8. The van der Waals surface area contributed by atoms with Crippen molar-refractivity contribution in [1.82, 2.24) is 0 Å². The SMILES string of the molecule is O=C(OCc1ccccc1)c1c(P)c(C(=O)OCc2ccccc2)c(C(=O)OCc2ccccc2)c(C(=O)OCc2ccccc2)c1C(=O)OCc1ccccc1. The minimum atomic E-state index is -1.21. The average molecular weight is 781 g/mol. The molecular formula is C46H37O10P. The molecule has 0 radical (unpaired) electrons. The molecule has 286 valence electrons. The number of hydrogen-bond donors (Lipinski definition) is 0. The Morgan fingerprint density at radius 3 is 0.684 bits per heavy atom. The van der Waals surface area contributed by atoms with Crippen LogP contribution in [-0.4, -0.2) is 29.8 Å². The summed E-state index contributed by atoms with van der Waals surface area (Å²) in [6.07, 6.45) is 0. The molecule has 0 aliphatic carbocycles. The summed E-state index contributed by atoms with van der Waals surface area (Å²) in [6, 6.07) is 43.7. The van der Waals surface area contributed by atoms with Crippen LogP contribution in [0.25, 0.3) is 0 Å². The highest BCUT2D eigenvalue weighted by atomic mass is 31.0. The molecule has 0 saturated heterocycles. The van der Waals surface area contributed by atoms with Crippen LogP contribution in [0, 0.1) is 0 Å². The zero-order valence-electron chi connectivity index (χ0n) is 30.6. The molecule has 0 saturated carbocycles. The predicted octanol–water partition coefficient (Wildman–Crippen LogP) is 7.97. The normalized spacial score (nSPS) is 10.5. The number of carbonyl (C=O) groups is 5. The molecule has 0 fully saturated rings. The maximum absolute atomic E-state index is 14.5. The van der Waals surface area contributed by atoms with Gasteiger partial charge in [0.15, 0.2) is 0 Å². The third-order valence-corrected chi connectivity index (χ3v) is 9.20. The molecule has 0 aliphatic rings.